The number of rotatable bonds is 7. The number of nitrogens with zero attached hydrogens (tertiary/aromatic N) is 6. The molecule has 0 unspecified atom stereocenters. The third-order valence-electron chi connectivity index (χ3n) is 7.09. The van der Waals surface area contributed by atoms with Crippen LogP contribution in [0, 0.1) is 0 Å². The predicted molar refractivity (Wildman–Crippen MR) is 143 cm³/mol. The average molecular weight is 533 g/mol. The first kappa shape index (κ1) is 24.1. The molecule has 0 saturated carbocycles. The van der Waals surface area contributed by atoms with Crippen molar-refractivity contribution in [2.24, 2.45) is 0 Å². The Hall–Kier alpha value is -4.22. The molecule has 1 aliphatic heterocycles. The van der Waals surface area contributed by atoms with Crippen LogP contribution in [0.4, 0.5) is 5.82 Å². The van der Waals surface area contributed by atoms with E-state index < -0.39 is 5.54 Å². The summed E-state index contributed by atoms with van der Waals surface area (Å²) in [6.07, 6.45) is 5.49. The fourth-order valence-electron chi connectivity index (χ4n) is 5.02. The average Bonchev–Trinajstić information content (AvgIpc) is 3.52. The van der Waals surface area contributed by atoms with E-state index in [1.54, 1.807) is 30.1 Å². The molecule has 1 saturated heterocycles. The Balaban J connectivity index is 1.51. The Morgan fingerprint density at radius 1 is 1.24 bits per heavy atom. The van der Waals surface area contributed by atoms with Crippen LogP contribution in [0.1, 0.15) is 29.5 Å². The maximum atomic E-state index is 13.8. The third-order valence-corrected chi connectivity index (χ3v) is 7.40. The van der Waals surface area contributed by atoms with E-state index in [0.717, 1.165) is 0 Å². The Morgan fingerprint density at radius 3 is 2.79 bits per heavy atom. The zero-order valence-electron chi connectivity index (χ0n) is 20.8. The van der Waals surface area contributed by atoms with Gasteiger partial charge >= 0.3 is 0 Å². The van der Waals surface area contributed by atoms with Crippen LogP contribution < -0.4 is 15.8 Å². The summed E-state index contributed by atoms with van der Waals surface area (Å²) in [5.41, 5.74) is 0.975. The zero-order valence-corrected chi connectivity index (χ0v) is 21.6. The lowest BCUT2D eigenvalue weighted by molar-refractivity contribution is 0.0938. The summed E-state index contributed by atoms with van der Waals surface area (Å²) in [6.45, 7) is 3.44. The molecule has 0 radical (unpaired) electrons. The van der Waals surface area contributed by atoms with Crippen molar-refractivity contribution >= 4 is 39.9 Å². The van der Waals surface area contributed by atoms with Crippen LogP contribution in [0.25, 0.3) is 22.2 Å². The number of para-hydroxylation sites is 1. The van der Waals surface area contributed by atoms with Crippen molar-refractivity contribution in [1.82, 2.24) is 34.4 Å². The monoisotopic (exact) mass is 532 g/mol. The molecule has 194 valence electrons. The molecule has 4 aromatic heterocycles. The van der Waals surface area contributed by atoms with Crippen molar-refractivity contribution in [3.8, 4) is 5.69 Å². The van der Waals surface area contributed by atoms with Gasteiger partial charge in [-0.2, -0.15) is 5.10 Å². The molecule has 38 heavy (non-hydrogen) atoms. The fraction of sp³-hybridized carbons (Fsp3) is 0.269. The molecule has 11 nitrogen and oxygen atoms in total. The summed E-state index contributed by atoms with van der Waals surface area (Å²) >= 11 is 6.37. The predicted octanol–water partition coefficient (Wildman–Crippen LogP) is 2.91. The van der Waals surface area contributed by atoms with Crippen molar-refractivity contribution < 1.29 is 9.53 Å². The molecule has 5 heterocycles. The number of nitrogens with one attached hydrogen (secondary N) is 2. The van der Waals surface area contributed by atoms with E-state index in [1.165, 1.54) is 10.8 Å². The van der Waals surface area contributed by atoms with Crippen LogP contribution in [-0.4, -0.2) is 61.8 Å². The van der Waals surface area contributed by atoms with E-state index in [9.17, 15) is 9.59 Å². The molecular weight excluding hydrogens is 508 g/mol. The van der Waals surface area contributed by atoms with Gasteiger partial charge in [-0.1, -0.05) is 29.8 Å². The summed E-state index contributed by atoms with van der Waals surface area (Å²) in [7, 11) is 1.58. The Morgan fingerprint density at radius 2 is 2.05 bits per heavy atom. The quantitative estimate of drug-likeness (QED) is 0.309. The first-order chi connectivity index (χ1) is 18.4. The third kappa shape index (κ3) is 3.65. The van der Waals surface area contributed by atoms with Crippen molar-refractivity contribution in [3.05, 3.63) is 81.9 Å². The molecule has 5 aromatic rings. The number of aromatic nitrogens is 6. The number of fused-ring (bicyclic) bond motifs is 2. The van der Waals surface area contributed by atoms with E-state index in [0.29, 0.717) is 70.6 Å². The topological polar surface area (TPSA) is 122 Å². The van der Waals surface area contributed by atoms with Gasteiger partial charge in [-0.15, -0.1) is 0 Å². The first-order valence-corrected chi connectivity index (χ1v) is 12.5. The number of carbonyl (C=O) groups excluding carboxylic acids is 1. The SMILES string of the molecule is COCCNC(=O)c1c[nH]c2ncnc(N3CC[C@@]3(C)c3nn4ccc(Cl)c4c(=O)n3-c3ccccc3)c12. The highest BCUT2D eigenvalue weighted by Gasteiger charge is 2.48. The number of aromatic amines is 1. The lowest BCUT2D eigenvalue weighted by Gasteiger charge is -2.51. The highest BCUT2D eigenvalue weighted by atomic mass is 35.5. The van der Waals surface area contributed by atoms with Gasteiger partial charge in [-0.25, -0.2) is 14.5 Å². The number of H-pyrrole nitrogens is 1. The molecule has 1 atom stereocenters. The lowest BCUT2D eigenvalue weighted by atomic mass is 9.85. The maximum absolute atomic E-state index is 13.8. The molecular formula is C26H25ClN8O3. The van der Waals surface area contributed by atoms with Crippen LogP contribution in [0.3, 0.4) is 0 Å². The van der Waals surface area contributed by atoms with Crippen molar-refractivity contribution in [1.29, 1.82) is 0 Å². The van der Waals surface area contributed by atoms with Gasteiger partial charge in [0.25, 0.3) is 11.5 Å². The van der Waals surface area contributed by atoms with E-state index >= 15 is 0 Å². The van der Waals surface area contributed by atoms with Gasteiger partial charge < -0.3 is 19.9 Å². The molecule has 12 heteroatoms. The number of benzene rings is 1. The minimum atomic E-state index is -0.720. The van der Waals surface area contributed by atoms with Gasteiger partial charge in [0, 0.05) is 32.6 Å². The molecule has 0 bridgehead atoms. The number of ether oxygens (including phenoxy) is 1. The van der Waals surface area contributed by atoms with Gasteiger partial charge in [0.15, 0.2) is 5.82 Å². The van der Waals surface area contributed by atoms with E-state index in [4.69, 9.17) is 21.4 Å². The molecule has 0 spiro atoms. The largest absolute Gasteiger partial charge is 0.383 e. The van der Waals surface area contributed by atoms with Crippen LogP contribution in [0.2, 0.25) is 5.02 Å². The van der Waals surface area contributed by atoms with Gasteiger partial charge in [-0.05, 0) is 31.5 Å². The smallest absolute Gasteiger partial charge is 0.284 e. The van der Waals surface area contributed by atoms with Crippen molar-refractivity contribution in [3.63, 3.8) is 0 Å². The number of methoxy groups -OCH3 is 1. The Labute approximate surface area is 222 Å². The Kier molecular flexibility index (Phi) is 5.88. The number of anilines is 1. The summed E-state index contributed by atoms with van der Waals surface area (Å²) in [6, 6.07) is 11.0. The molecule has 1 aliphatic rings. The molecule has 1 amide bonds. The Bertz CT molecular complexity index is 1730. The van der Waals surface area contributed by atoms with Crippen LogP contribution in [-0.2, 0) is 10.3 Å². The number of carbonyl (C=O) groups is 1. The summed E-state index contributed by atoms with van der Waals surface area (Å²) < 4.78 is 8.19. The first-order valence-electron chi connectivity index (χ1n) is 12.2. The normalized spacial score (nSPS) is 17.2. The molecule has 6 rings (SSSR count). The van der Waals surface area contributed by atoms with Crippen molar-refractivity contribution in [2.45, 2.75) is 18.9 Å². The second kappa shape index (κ2) is 9.26. The number of hydrogen-bond donors (Lipinski definition) is 2. The lowest BCUT2D eigenvalue weighted by Crippen LogP contribution is -2.58. The van der Waals surface area contributed by atoms with E-state index in [-0.39, 0.29) is 11.5 Å². The van der Waals surface area contributed by atoms with E-state index in [1.807, 2.05) is 37.3 Å². The van der Waals surface area contributed by atoms with Gasteiger partial charge in [0.1, 0.15) is 28.8 Å². The molecule has 0 aliphatic carbocycles. The summed E-state index contributed by atoms with van der Waals surface area (Å²) in [5, 5.41) is 8.69. The maximum Gasteiger partial charge on any atom is 0.284 e. The summed E-state index contributed by atoms with van der Waals surface area (Å²) in [4.78, 5) is 40.9. The van der Waals surface area contributed by atoms with Crippen molar-refractivity contribution in [2.75, 3.05) is 31.7 Å². The zero-order chi connectivity index (χ0) is 26.4. The summed E-state index contributed by atoms with van der Waals surface area (Å²) in [5.74, 6) is 0.865. The second-order valence-electron chi connectivity index (χ2n) is 9.30. The standard InChI is InChI=1S/C26H25ClN8O3/c1-26(25-32-34-11-8-18(27)20(34)24(37)35(25)16-6-4-3-5-7-16)9-12-33(26)22-19-17(23(36)28-10-13-38-2)14-29-21(19)30-15-31-22/h3-8,11,14-15H,9-10,12-13H2,1-2H3,(H,28,36)(H,29,30,31)/t26-/m0/s1. The number of hydrogen-bond acceptors (Lipinski definition) is 7. The highest BCUT2D eigenvalue weighted by Crippen LogP contribution is 2.44. The number of halogens is 1. The molecule has 1 aromatic carbocycles. The fourth-order valence-corrected chi connectivity index (χ4v) is 5.24. The molecule has 2 N–H and O–H groups in total. The van der Waals surface area contributed by atoms with Gasteiger partial charge in [-0.3, -0.25) is 14.2 Å². The highest BCUT2D eigenvalue weighted by molar-refractivity contribution is 6.33. The van der Waals surface area contributed by atoms with Gasteiger partial charge in [0.05, 0.1) is 28.3 Å². The second-order valence-corrected chi connectivity index (χ2v) is 9.71. The minimum absolute atomic E-state index is 0.255. The minimum Gasteiger partial charge on any atom is -0.383 e. The molecule has 1 fully saturated rings. The number of amides is 1. The van der Waals surface area contributed by atoms with Crippen LogP contribution in [0.5, 0.6) is 0 Å². The van der Waals surface area contributed by atoms with Crippen LogP contribution in [0.15, 0.2) is 59.9 Å². The van der Waals surface area contributed by atoms with Crippen LogP contribution >= 0.6 is 11.6 Å². The van der Waals surface area contributed by atoms with Gasteiger partial charge in [0.2, 0.25) is 0 Å². The van der Waals surface area contributed by atoms with E-state index in [2.05, 4.69) is 25.2 Å².